The van der Waals surface area contributed by atoms with Crippen LogP contribution in [0.4, 0.5) is 5.69 Å². The van der Waals surface area contributed by atoms with Gasteiger partial charge in [-0.3, -0.25) is 0 Å². The van der Waals surface area contributed by atoms with Crippen molar-refractivity contribution in [3.05, 3.63) is 40.4 Å². The van der Waals surface area contributed by atoms with Crippen LogP contribution in [0.2, 0.25) is 0 Å². The van der Waals surface area contributed by atoms with Crippen molar-refractivity contribution >= 4 is 5.69 Å². The zero-order chi connectivity index (χ0) is 16.6. The van der Waals surface area contributed by atoms with Crippen LogP contribution in [0, 0.1) is 10.1 Å². The van der Waals surface area contributed by atoms with E-state index in [4.69, 9.17) is 15.3 Å². The first-order valence-electron chi connectivity index (χ1n) is 7.16. The Balaban J connectivity index is 0.000000406. The van der Waals surface area contributed by atoms with E-state index in [1.54, 1.807) is 0 Å². The predicted molar refractivity (Wildman–Crippen MR) is 84.0 cm³/mol. The van der Waals surface area contributed by atoms with Gasteiger partial charge in [-0.05, 0) is 25.0 Å². The van der Waals surface area contributed by atoms with Crippen LogP contribution in [0.3, 0.4) is 0 Å². The third-order valence-corrected chi connectivity index (χ3v) is 2.59. The maximum atomic E-state index is 10.3. The Kier molecular flexibility index (Phi) is 12.8. The summed E-state index contributed by atoms with van der Waals surface area (Å²) >= 11 is 0. The number of aliphatic hydroxyl groups is 3. The Bertz CT molecular complexity index is 370. The summed E-state index contributed by atoms with van der Waals surface area (Å²) in [6.45, 7) is 1.14. The van der Waals surface area contributed by atoms with Crippen LogP contribution < -0.4 is 5.32 Å². The highest BCUT2D eigenvalue weighted by Crippen LogP contribution is 2.03. The van der Waals surface area contributed by atoms with Gasteiger partial charge in [0.2, 0.25) is 0 Å². The summed E-state index contributed by atoms with van der Waals surface area (Å²) in [5, 5.41) is 39.1. The highest BCUT2D eigenvalue weighted by Gasteiger charge is 2.11. The third-order valence-electron chi connectivity index (χ3n) is 2.59. The summed E-state index contributed by atoms with van der Waals surface area (Å²) in [6, 6.07) is 9.81. The van der Waals surface area contributed by atoms with Gasteiger partial charge in [0.05, 0.1) is 19.7 Å². The molecule has 8 nitrogen and oxygen atoms in total. The highest BCUT2D eigenvalue weighted by molar-refractivity contribution is 5.42. The van der Waals surface area contributed by atoms with Crippen LogP contribution in [-0.4, -0.2) is 64.8 Å². The minimum Gasteiger partial charge on any atom is -0.396 e. The van der Waals surface area contributed by atoms with Crippen molar-refractivity contribution in [1.82, 2.24) is 5.01 Å². The molecule has 0 radical (unpaired) electrons. The lowest BCUT2D eigenvalue weighted by atomic mass is 10.3. The van der Waals surface area contributed by atoms with Gasteiger partial charge in [0.15, 0.2) is 5.03 Å². The van der Waals surface area contributed by atoms with Gasteiger partial charge >= 0.3 is 0 Å². The Labute approximate surface area is 130 Å². The monoisotopic (exact) mass is 315 g/mol. The molecule has 0 aliphatic rings. The minimum absolute atomic E-state index is 0.0521. The van der Waals surface area contributed by atoms with Crippen LogP contribution in [0.15, 0.2) is 30.3 Å². The number of anilines is 1. The van der Waals surface area contributed by atoms with Gasteiger partial charge in [-0.2, -0.15) is 0 Å². The molecular formula is C14H25N3O5. The van der Waals surface area contributed by atoms with Crippen molar-refractivity contribution in [3.63, 3.8) is 0 Å². The third kappa shape index (κ3) is 10.8. The Morgan fingerprint density at radius 1 is 1.00 bits per heavy atom. The summed E-state index contributed by atoms with van der Waals surface area (Å²) in [6.07, 6.45) is 0.763. The maximum absolute atomic E-state index is 10.3. The van der Waals surface area contributed by atoms with Crippen LogP contribution >= 0.6 is 0 Å². The van der Waals surface area contributed by atoms with Gasteiger partial charge in [0, 0.05) is 25.4 Å². The number of rotatable bonds is 10. The molecule has 1 aromatic rings. The summed E-state index contributed by atoms with van der Waals surface area (Å²) in [5.74, 6) is 0. The average molecular weight is 315 g/mol. The number of hydrogen-bond acceptors (Lipinski definition) is 6. The lowest BCUT2D eigenvalue weighted by Gasteiger charge is -2.12. The van der Waals surface area contributed by atoms with E-state index in [1.807, 2.05) is 30.3 Å². The fourth-order valence-corrected chi connectivity index (χ4v) is 1.54. The molecule has 22 heavy (non-hydrogen) atoms. The topological polar surface area (TPSA) is 119 Å². The first kappa shape index (κ1) is 20.1. The molecule has 0 spiro atoms. The largest absolute Gasteiger partial charge is 0.396 e. The lowest BCUT2D eigenvalue weighted by molar-refractivity contribution is -0.655. The quantitative estimate of drug-likeness (QED) is 0.363. The van der Waals surface area contributed by atoms with Crippen molar-refractivity contribution < 1.29 is 20.4 Å². The fourth-order valence-electron chi connectivity index (χ4n) is 1.54. The number of nitrogens with one attached hydrogen (secondary N) is 1. The average Bonchev–Trinajstić information content (AvgIpc) is 2.54. The molecule has 0 saturated carbocycles. The number of hydrogen-bond donors (Lipinski definition) is 4. The number of nitrogens with zero attached hydrogens (tertiary/aromatic N) is 2. The van der Waals surface area contributed by atoms with Gasteiger partial charge in [-0.15, -0.1) is 5.01 Å². The molecular weight excluding hydrogens is 290 g/mol. The molecule has 0 aromatic heterocycles. The fraction of sp³-hybridized carbons (Fsp3) is 0.571. The summed E-state index contributed by atoms with van der Waals surface area (Å²) < 4.78 is 0. The Hall–Kier alpha value is -1.90. The van der Waals surface area contributed by atoms with Gasteiger partial charge < -0.3 is 20.6 Å². The zero-order valence-electron chi connectivity index (χ0n) is 12.6. The molecule has 0 aliphatic heterocycles. The van der Waals surface area contributed by atoms with Gasteiger partial charge in [0.25, 0.3) is 0 Å². The first-order valence-corrected chi connectivity index (χ1v) is 7.16. The van der Waals surface area contributed by atoms with Crippen molar-refractivity contribution in [2.45, 2.75) is 12.8 Å². The second kappa shape index (κ2) is 14.1. The maximum Gasteiger partial charge on any atom is 0.160 e. The van der Waals surface area contributed by atoms with Crippen LogP contribution in [-0.2, 0) is 0 Å². The highest BCUT2D eigenvalue weighted by atomic mass is 16.7. The number of para-hydroxylation sites is 1. The van der Waals surface area contributed by atoms with Gasteiger partial charge in [0.1, 0.15) is 0 Å². The minimum atomic E-state index is -0.509. The summed E-state index contributed by atoms with van der Waals surface area (Å²) in [4.78, 5) is 10.3. The molecule has 0 heterocycles. The van der Waals surface area contributed by atoms with Crippen LogP contribution in [0.5, 0.6) is 0 Å². The number of nitro groups is 1. The molecule has 0 aliphatic carbocycles. The van der Waals surface area contributed by atoms with E-state index in [0.29, 0.717) is 19.4 Å². The summed E-state index contributed by atoms with van der Waals surface area (Å²) in [7, 11) is 0. The van der Waals surface area contributed by atoms with E-state index in [2.05, 4.69) is 5.32 Å². The molecule has 0 fully saturated rings. The number of hydrazine groups is 1. The molecule has 0 amide bonds. The number of aliphatic hydroxyl groups excluding tert-OH is 3. The normalized spacial score (nSPS) is 9.59. The second-order valence-corrected chi connectivity index (χ2v) is 4.36. The van der Waals surface area contributed by atoms with Gasteiger partial charge in [-0.1, -0.05) is 18.2 Å². The van der Waals surface area contributed by atoms with Crippen molar-refractivity contribution in [1.29, 1.82) is 0 Å². The predicted octanol–water partition coefficient (Wildman–Crippen LogP) is 0.336. The van der Waals surface area contributed by atoms with Crippen LogP contribution in [0.1, 0.15) is 12.8 Å². The van der Waals surface area contributed by atoms with E-state index in [9.17, 15) is 10.1 Å². The second-order valence-electron chi connectivity index (χ2n) is 4.36. The smallest absolute Gasteiger partial charge is 0.160 e. The molecule has 0 bridgehead atoms. The van der Waals surface area contributed by atoms with Crippen LogP contribution in [0.25, 0.3) is 0 Å². The molecule has 1 rings (SSSR count). The molecule has 126 valence electrons. The molecule has 0 unspecified atom stereocenters. The van der Waals surface area contributed by atoms with Crippen molar-refractivity contribution in [2.24, 2.45) is 0 Å². The number of benzene rings is 1. The Morgan fingerprint density at radius 3 is 1.95 bits per heavy atom. The molecule has 0 atom stereocenters. The lowest BCUT2D eigenvalue weighted by Crippen LogP contribution is -2.32. The SMILES string of the molecule is O=[N+]([O-])N(CCCO)CCCO.OCCNc1ccccc1. The summed E-state index contributed by atoms with van der Waals surface area (Å²) in [5.41, 5.74) is 1.05. The first-order chi connectivity index (χ1) is 10.7. The van der Waals surface area contributed by atoms with Crippen molar-refractivity contribution in [3.8, 4) is 0 Å². The zero-order valence-corrected chi connectivity index (χ0v) is 12.6. The van der Waals surface area contributed by atoms with E-state index >= 15 is 0 Å². The molecule has 8 heteroatoms. The van der Waals surface area contributed by atoms with E-state index in [0.717, 1.165) is 10.7 Å². The molecule has 0 saturated heterocycles. The molecule has 4 N–H and O–H groups in total. The van der Waals surface area contributed by atoms with E-state index < -0.39 is 5.03 Å². The van der Waals surface area contributed by atoms with Gasteiger partial charge in [-0.25, -0.2) is 10.1 Å². The standard InChI is InChI=1S/C8H11NO.C6H14N2O4/c10-7-6-9-8-4-2-1-3-5-8;9-5-1-3-7(8(11)12)4-2-6-10/h1-5,9-10H,6-7H2;9-10H,1-6H2. The van der Waals surface area contributed by atoms with E-state index in [-0.39, 0.29) is 32.9 Å². The Morgan fingerprint density at radius 2 is 1.55 bits per heavy atom. The van der Waals surface area contributed by atoms with E-state index in [1.165, 1.54) is 0 Å². The molecule has 1 aromatic carbocycles. The van der Waals surface area contributed by atoms with Crippen molar-refractivity contribution in [2.75, 3.05) is 44.8 Å².